The van der Waals surface area contributed by atoms with Crippen molar-refractivity contribution in [2.75, 3.05) is 30.3 Å². The predicted octanol–water partition coefficient (Wildman–Crippen LogP) is 4.63. The lowest BCUT2D eigenvalue weighted by molar-refractivity contribution is -0.141. The Kier molecular flexibility index (Phi) is 12.5. The quantitative estimate of drug-likeness (QED) is 0.214. The number of hydrogen-bond donors (Lipinski definition) is 4. The summed E-state index contributed by atoms with van der Waals surface area (Å²) in [6.07, 6.45) is 3.67. The molecule has 0 radical (unpaired) electrons. The Morgan fingerprint density at radius 2 is 1.10 bits per heavy atom. The fourth-order valence-corrected chi connectivity index (χ4v) is 4.87. The molecule has 4 amide bonds. The topological polar surface area (TPSA) is 143 Å². The third-order valence-electron chi connectivity index (χ3n) is 6.92. The predicted molar refractivity (Wildman–Crippen MR) is 162 cm³/mol. The Labute approximate surface area is 247 Å². The second-order valence-corrected chi connectivity index (χ2v) is 10.5. The van der Waals surface area contributed by atoms with E-state index in [0.717, 1.165) is 35.1 Å². The molecule has 10 heteroatoms. The van der Waals surface area contributed by atoms with Crippen LogP contribution in [-0.4, -0.2) is 49.3 Å². The third kappa shape index (κ3) is 9.71. The lowest BCUT2D eigenvalue weighted by atomic mass is 9.97. The van der Waals surface area contributed by atoms with Gasteiger partial charge in [0.15, 0.2) is 0 Å². The zero-order valence-corrected chi connectivity index (χ0v) is 24.8. The van der Waals surface area contributed by atoms with Gasteiger partial charge in [-0.1, -0.05) is 26.0 Å². The number of rotatable bonds is 16. The van der Waals surface area contributed by atoms with Crippen LogP contribution in [0.2, 0.25) is 0 Å². The van der Waals surface area contributed by atoms with Crippen molar-refractivity contribution in [2.24, 2.45) is 0 Å². The van der Waals surface area contributed by atoms with E-state index >= 15 is 0 Å². The maximum atomic E-state index is 12.6. The highest BCUT2D eigenvalue weighted by Gasteiger charge is 2.30. The third-order valence-corrected chi connectivity index (χ3v) is 6.92. The molecular formula is C32H42N4O6. The lowest BCUT2D eigenvalue weighted by Crippen LogP contribution is -2.24. The van der Waals surface area contributed by atoms with Gasteiger partial charge in [-0.05, 0) is 72.2 Å². The Hall–Kier alpha value is -4.21. The molecular weight excluding hydrogens is 536 g/mol. The zero-order valence-electron chi connectivity index (χ0n) is 24.8. The van der Waals surface area contributed by atoms with E-state index in [9.17, 15) is 24.0 Å². The molecule has 2 aromatic rings. The first-order valence-corrected chi connectivity index (χ1v) is 14.8. The molecule has 0 aliphatic heterocycles. The zero-order chi connectivity index (χ0) is 30.5. The van der Waals surface area contributed by atoms with E-state index in [4.69, 9.17) is 4.74 Å². The number of esters is 1. The summed E-state index contributed by atoms with van der Waals surface area (Å²) >= 11 is 0. The monoisotopic (exact) mass is 578 g/mol. The molecule has 4 N–H and O–H groups in total. The molecule has 0 aromatic heterocycles. The number of benzene rings is 2. The highest BCUT2D eigenvalue weighted by Crippen LogP contribution is 2.46. The van der Waals surface area contributed by atoms with Crippen LogP contribution in [0.1, 0.15) is 89.2 Å². The summed E-state index contributed by atoms with van der Waals surface area (Å²) in [4.78, 5) is 60.4. The molecule has 0 fully saturated rings. The number of ether oxygens (including phenoxy) is 1. The normalized spacial score (nSPS) is 11.7. The van der Waals surface area contributed by atoms with Gasteiger partial charge < -0.3 is 26.0 Å². The van der Waals surface area contributed by atoms with Crippen molar-refractivity contribution in [3.8, 4) is 11.1 Å². The van der Waals surface area contributed by atoms with E-state index in [1.54, 1.807) is 0 Å². The molecule has 1 aliphatic carbocycles. The molecule has 0 saturated carbocycles. The van der Waals surface area contributed by atoms with Crippen molar-refractivity contribution in [3.05, 3.63) is 47.5 Å². The average molecular weight is 579 g/mol. The maximum absolute atomic E-state index is 12.6. The SMILES string of the molecule is CCCNC(=O)CCCC(=O)Nc1ccc2c(c1)C(COC(C)=O)c1cc(NC(=O)CCCC(=O)NCCC)ccc1-2. The van der Waals surface area contributed by atoms with Crippen LogP contribution in [0.4, 0.5) is 11.4 Å². The number of fused-ring (bicyclic) bond motifs is 3. The van der Waals surface area contributed by atoms with Gasteiger partial charge in [-0.15, -0.1) is 0 Å². The van der Waals surface area contributed by atoms with Gasteiger partial charge in [-0.2, -0.15) is 0 Å². The standard InChI is InChI=1S/C32H42N4O6/c1-4-16-33-29(38)8-6-10-31(40)35-22-12-14-24-25-15-13-23(36-32(41)11-7-9-30(39)34-17-5-2)19-27(25)28(26(24)18-22)20-42-21(3)37/h12-15,18-19,28H,4-11,16-17,20H2,1-3H3,(H,33,38)(H,34,39)(H,35,40)(H,36,41). The van der Waals surface area contributed by atoms with E-state index in [1.165, 1.54) is 6.92 Å². The summed E-state index contributed by atoms with van der Waals surface area (Å²) < 4.78 is 5.40. The van der Waals surface area contributed by atoms with Gasteiger partial charge in [0.1, 0.15) is 6.61 Å². The number of carbonyl (C=O) groups is 5. The van der Waals surface area contributed by atoms with E-state index in [0.29, 0.717) is 50.1 Å². The van der Waals surface area contributed by atoms with Crippen LogP contribution in [0.5, 0.6) is 0 Å². The smallest absolute Gasteiger partial charge is 0.302 e. The summed E-state index contributed by atoms with van der Waals surface area (Å²) in [5, 5.41) is 11.4. The molecule has 1 aliphatic rings. The van der Waals surface area contributed by atoms with Gasteiger partial charge in [0.05, 0.1) is 0 Å². The summed E-state index contributed by atoms with van der Waals surface area (Å²) in [6, 6.07) is 11.3. The molecule has 0 spiro atoms. The van der Waals surface area contributed by atoms with Gasteiger partial charge >= 0.3 is 5.97 Å². The van der Waals surface area contributed by atoms with E-state index in [1.807, 2.05) is 50.2 Å². The Morgan fingerprint density at radius 1 is 0.667 bits per heavy atom. The highest BCUT2D eigenvalue weighted by molar-refractivity contribution is 5.94. The molecule has 3 rings (SSSR count). The summed E-state index contributed by atoms with van der Waals surface area (Å²) in [6.45, 7) is 6.70. The fourth-order valence-electron chi connectivity index (χ4n) is 4.87. The largest absolute Gasteiger partial charge is 0.465 e. The molecule has 0 atom stereocenters. The minimum absolute atomic E-state index is 0.0568. The molecule has 0 saturated heterocycles. The van der Waals surface area contributed by atoms with Crippen molar-refractivity contribution in [3.63, 3.8) is 0 Å². The number of amides is 4. The van der Waals surface area contributed by atoms with Crippen LogP contribution in [0.3, 0.4) is 0 Å². The summed E-state index contributed by atoms with van der Waals surface area (Å²) in [7, 11) is 0. The van der Waals surface area contributed by atoms with Crippen LogP contribution in [0.25, 0.3) is 11.1 Å². The Morgan fingerprint density at radius 3 is 1.50 bits per heavy atom. The van der Waals surface area contributed by atoms with Gasteiger partial charge in [-0.25, -0.2) is 0 Å². The second-order valence-electron chi connectivity index (χ2n) is 10.5. The molecule has 2 aromatic carbocycles. The fraction of sp³-hybridized carbons (Fsp3) is 0.469. The van der Waals surface area contributed by atoms with Crippen LogP contribution in [-0.2, 0) is 28.7 Å². The number of hydrogen-bond acceptors (Lipinski definition) is 6. The molecule has 42 heavy (non-hydrogen) atoms. The number of nitrogens with one attached hydrogen (secondary N) is 4. The van der Waals surface area contributed by atoms with Crippen LogP contribution in [0, 0.1) is 0 Å². The van der Waals surface area contributed by atoms with Crippen molar-refractivity contribution < 1.29 is 28.7 Å². The highest BCUT2D eigenvalue weighted by atomic mass is 16.5. The molecule has 0 bridgehead atoms. The molecule has 0 heterocycles. The molecule has 226 valence electrons. The summed E-state index contributed by atoms with van der Waals surface area (Å²) in [5.74, 6) is -1.16. The first-order valence-electron chi connectivity index (χ1n) is 14.8. The Bertz CT molecular complexity index is 1200. The van der Waals surface area contributed by atoms with Gasteiger partial charge in [-0.3, -0.25) is 24.0 Å². The number of anilines is 2. The van der Waals surface area contributed by atoms with Crippen molar-refractivity contribution in [1.29, 1.82) is 0 Å². The maximum Gasteiger partial charge on any atom is 0.302 e. The summed E-state index contributed by atoms with van der Waals surface area (Å²) in [5.41, 5.74) is 4.97. The van der Waals surface area contributed by atoms with Crippen molar-refractivity contribution >= 4 is 41.0 Å². The van der Waals surface area contributed by atoms with Crippen molar-refractivity contribution in [1.82, 2.24) is 10.6 Å². The van der Waals surface area contributed by atoms with Gasteiger partial charge in [0.25, 0.3) is 0 Å². The van der Waals surface area contributed by atoms with E-state index in [2.05, 4.69) is 21.3 Å². The van der Waals surface area contributed by atoms with E-state index < -0.39 is 5.97 Å². The van der Waals surface area contributed by atoms with Crippen LogP contribution in [0.15, 0.2) is 36.4 Å². The number of carbonyl (C=O) groups excluding carboxylic acids is 5. The van der Waals surface area contributed by atoms with E-state index in [-0.39, 0.29) is 49.0 Å². The molecule has 0 unspecified atom stereocenters. The minimum atomic E-state index is -0.398. The minimum Gasteiger partial charge on any atom is -0.465 e. The van der Waals surface area contributed by atoms with Gasteiger partial charge in [0, 0.05) is 63.0 Å². The molecule has 10 nitrogen and oxygen atoms in total. The lowest BCUT2D eigenvalue weighted by Gasteiger charge is -2.15. The first kappa shape index (κ1) is 32.3. The second kappa shape index (κ2) is 16.3. The Balaban J connectivity index is 1.66. The first-order chi connectivity index (χ1) is 20.2. The van der Waals surface area contributed by atoms with Gasteiger partial charge in [0.2, 0.25) is 23.6 Å². The van der Waals surface area contributed by atoms with Crippen LogP contribution >= 0.6 is 0 Å². The average Bonchev–Trinajstić information content (AvgIpc) is 3.25. The van der Waals surface area contributed by atoms with Crippen molar-refractivity contribution in [2.45, 2.75) is 78.1 Å². The van der Waals surface area contributed by atoms with Crippen LogP contribution < -0.4 is 21.3 Å².